The summed E-state index contributed by atoms with van der Waals surface area (Å²) in [6.07, 6.45) is 2.52. The summed E-state index contributed by atoms with van der Waals surface area (Å²) in [5.74, 6) is -2.02. The molecule has 0 unspecified atom stereocenters. The highest BCUT2D eigenvalue weighted by molar-refractivity contribution is 5.87. The van der Waals surface area contributed by atoms with Gasteiger partial charge in [0, 0.05) is 6.08 Å². The zero-order valence-electron chi connectivity index (χ0n) is 8.67. The predicted octanol–water partition coefficient (Wildman–Crippen LogP) is 1.38. The quantitative estimate of drug-likeness (QED) is 0.410. The number of hydrogen-bond donors (Lipinski definition) is 3. The minimum absolute atomic E-state index is 0.273. The molecule has 3 N–H and O–H groups in total. The second-order valence-corrected chi connectivity index (χ2v) is 2.99. The van der Waals surface area contributed by atoms with Crippen LogP contribution in [0.4, 0.5) is 0 Å². The number of phenolic OH excluding ortho intramolecular Hbond substituents is 3. The molecule has 0 heterocycles. The lowest BCUT2D eigenvalue weighted by Gasteiger charge is -2.02. The second-order valence-electron chi connectivity index (χ2n) is 2.99. The number of benzene rings is 1. The molecule has 0 aliphatic carbocycles. The SMILES string of the molecule is CCOC(=O)/C=C/c1cc(O)c(O)c(O)c1. The van der Waals surface area contributed by atoms with Crippen LogP contribution < -0.4 is 0 Å². The van der Waals surface area contributed by atoms with E-state index in [1.807, 2.05) is 0 Å². The summed E-state index contributed by atoms with van der Waals surface area (Å²) in [6, 6.07) is 2.43. The van der Waals surface area contributed by atoms with Gasteiger partial charge in [0.1, 0.15) is 0 Å². The average Bonchev–Trinajstić information content (AvgIpc) is 2.23. The predicted molar refractivity (Wildman–Crippen MR) is 57.1 cm³/mol. The van der Waals surface area contributed by atoms with Gasteiger partial charge >= 0.3 is 5.97 Å². The molecule has 1 rings (SSSR count). The van der Waals surface area contributed by atoms with Gasteiger partial charge in [0.2, 0.25) is 0 Å². The van der Waals surface area contributed by atoms with E-state index in [1.165, 1.54) is 18.2 Å². The zero-order valence-corrected chi connectivity index (χ0v) is 8.67. The van der Waals surface area contributed by atoms with Gasteiger partial charge in [-0.15, -0.1) is 0 Å². The van der Waals surface area contributed by atoms with Crippen LogP contribution in [-0.2, 0) is 9.53 Å². The van der Waals surface area contributed by atoms with Crippen LogP contribution in [0, 0.1) is 0 Å². The molecule has 0 aromatic heterocycles. The number of rotatable bonds is 3. The fraction of sp³-hybridized carbons (Fsp3) is 0.182. The van der Waals surface area contributed by atoms with Gasteiger partial charge in [0.15, 0.2) is 17.2 Å². The van der Waals surface area contributed by atoms with Crippen molar-refractivity contribution in [2.45, 2.75) is 6.92 Å². The Labute approximate surface area is 92.2 Å². The number of hydrogen-bond acceptors (Lipinski definition) is 5. The van der Waals surface area contributed by atoms with E-state index in [-0.39, 0.29) is 6.61 Å². The maximum atomic E-state index is 11.0. The Morgan fingerprint density at radius 2 is 1.88 bits per heavy atom. The van der Waals surface area contributed by atoms with Gasteiger partial charge in [-0.3, -0.25) is 0 Å². The molecule has 0 saturated carbocycles. The molecule has 0 fully saturated rings. The molecular weight excluding hydrogens is 212 g/mol. The van der Waals surface area contributed by atoms with Crippen LogP contribution in [0.3, 0.4) is 0 Å². The maximum Gasteiger partial charge on any atom is 0.330 e. The fourth-order valence-corrected chi connectivity index (χ4v) is 1.08. The second kappa shape index (κ2) is 5.06. The standard InChI is InChI=1S/C11H12O5/c1-2-16-10(14)4-3-7-5-8(12)11(15)9(13)6-7/h3-6,12-13,15H,2H2,1H3/b4-3+. The molecule has 5 heteroatoms. The summed E-state index contributed by atoms with van der Waals surface area (Å²) < 4.78 is 4.65. The molecule has 0 aliphatic heterocycles. The highest BCUT2D eigenvalue weighted by atomic mass is 16.5. The van der Waals surface area contributed by atoms with Crippen molar-refractivity contribution >= 4 is 12.0 Å². The molecule has 86 valence electrons. The third kappa shape index (κ3) is 2.91. The topological polar surface area (TPSA) is 87.0 Å². The average molecular weight is 224 g/mol. The summed E-state index contributed by atoms with van der Waals surface area (Å²) in [5, 5.41) is 27.5. The molecule has 0 atom stereocenters. The van der Waals surface area contributed by atoms with E-state index in [4.69, 9.17) is 5.11 Å². The molecule has 0 spiro atoms. The summed E-state index contributed by atoms with van der Waals surface area (Å²) in [4.78, 5) is 11.0. The Kier molecular flexibility index (Phi) is 3.77. The fourth-order valence-electron chi connectivity index (χ4n) is 1.08. The first-order valence-corrected chi connectivity index (χ1v) is 4.64. The number of phenols is 3. The van der Waals surface area contributed by atoms with Gasteiger partial charge < -0.3 is 20.1 Å². The Hall–Kier alpha value is -2.17. The third-order valence-electron chi connectivity index (χ3n) is 1.79. The lowest BCUT2D eigenvalue weighted by atomic mass is 10.1. The molecular formula is C11H12O5. The van der Waals surface area contributed by atoms with Crippen molar-refractivity contribution in [2.75, 3.05) is 6.61 Å². The lowest BCUT2D eigenvalue weighted by molar-refractivity contribution is -0.137. The van der Waals surface area contributed by atoms with Crippen molar-refractivity contribution in [3.8, 4) is 17.2 Å². The van der Waals surface area contributed by atoms with Gasteiger partial charge in [-0.25, -0.2) is 4.79 Å². The van der Waals surface area contributed by atoms with Crippen LogP contribution in [0.5, 0.6) is 17.2 Å². The molecule has 16 heavy (non-hydrogen) atoms. The number of carbonyl (C=O) groups excluding carboxylic acids is 1. The van der Waals surface area contributed by atoms with Crippen molar-refractivity contribution in [3.05, 3.63) is 23.8 Å². The number of carbonyl (C=O) groups is 1. The Morgan fingerprint density at radius 1 is 1.31 bits per heavy atom. The first kappa shape index (κ1) is 11.9. The first-order valence-electron chi connectivity index (χ1n) is 4.64. The molecule has 0 aliphatic rings. The lowest BCUT2D eigenvalue weighted by Crippen LogP contribution is -1.98. The molecule has 0 amide bonds. The molecule has 1 aromatic rings. The maximum absolute atomic E-state index is 11.0. The summed E-state index contributed by atoms with van der Waals surface area (Å²) in [7, 11) is 0. The first-order chi connectivity index (χ1) is 7.54. The number of esters is 1. The highest BCUT2D eigenvalue weighted by Gasteiger charge is 2.06. The van der Waals surface area contributed by atoms with E-state index in [2.05, 4.69) is 4.74 Å². The zero-order chi connectivity index (χ0) is 12.1. The third-order valence-corrected chi connectivity index (χ3v) is 1.79. The van der Waals surface area contributed by atoms with E-state index in [1.54, 1.807) is 6.92 Å². The van der Waals surface area contributed by atoms with Crippen molar-refractivity contribution < 1.29 is 24.9 Å². The smallest absolute Gasteiger partial charge is 0.330 e. The highest BCUT2D eigenvalue weighted by Crippen LogP contribution is 2.35. The van der Waals surface area contributed by atoms with Crippen molar-refractivity contribution in [2.24, 2.45) is 0 Å². The van der Waals surface area contributed by atoms with E-state index < -0.39 is 23.2 Å². The normalized spacial score (nSPS) is 10.6. The Bertz CT molecular complexity index is 399. The van der Waals surface area contributed by atoms with Crippen LogP contribution in [0.2, 0.25) is 0 Å². The minimum atomic E-state index is -0.590. The van der Waals surface area contributed by atoms with Gasteiger partial charge in [-0.1, -0.05) is 0 Å². The largest absolute Gasteiger partial charge is 0.504 e. The van der Waals surface area contributed by atoms with Crippen molar-refractivity contribution in [1.29, 1.82) is 0 Å². The van der Waals surface area contributed by atoms with Crippen LogP contribution in [0.25, 0.3) is 6.08 Å². The minimum Gasteiger partial charge on any atom is -0.504 e. The van der Waals surface area contributed by atoms with Crippen molar-refractivity contribution in [3.63, 3.8) is 0 Å². The van der Waals surface area contributed by atoms with E-state index in [9.17, 15) is 15.0 Å². The Balaban J connectivity index is 2.86. The monoisotopic (exact) mass is 224 g/mol. The number of ether oxygens (including phenoxy) is 1. The Morgan fingerprint density at radius 3 is 2.38 bits per heavy atom. The van der Waals surface area contributed by atoms with Gasteiger partial charge in [0.05, 0.1) is 6.61 Å². The molecule has 1 aromatic carbocycles. The number of aromatic hydroxyl groups is 3. The van der Waals surface area contributed by atoms with Crippen LogP contribution in [-0.4, -0.2) is 27.9 Å². The van der Waals surface area contributed by atoms with Crippen LogP contribution in [0.1, 0.15) is 12.5 Å². The van der Waals surface area contributed by atoms with E-state index in [0.717, 1.165) is 6.08 Å². The van der Waals surface area contributed by atoms with Crippen LogP contribution >= 0.6 is 0 Å². The van der Waals surface area contributed by atoms with E-state index >= 15 is 0 Å². The van der Waals surface area contributed by atoms with Crippen LogP contribution in [0.15, 0.2) is 18.2 Å². The van der Waals surface area contributed by atoms with Gasteiger partial charge in [-0.2, -0.15) is 0 Å². The summed E-state index contributed by atoms with van der Waals surface area (Å²) in [5.41, 5.74) is 0.376. The molecule has 5 nitrogen and oxygen atoms in total. The van der Waals surface area contributed by atoms with E-state index in [0.29, 0.717) is 5.56 Å². The molecule has 0 bridgehead atoms. The van der Waals surface area contributed by atoms with Gasteiger partial charge in [0.25, 0.3) is 0 Å². The molecule has 0 radical (unpaired) electrons. The van der Waals surface area contributed by atoms with Gasteiger partial charge in [-0.05, 0) is 30.7 Å². The summed E-state index contributed by atoms with van der Waals surface area (Å²) >= 11 is 0. The summed E-state index contributed by atoms with van der Waals surface area (Å²) in [6.45, 7) is 1.96. The van der Waals surface area contributed by atoms with Crippen molar-refractivity contribution in [1.82, 2.24) is 0 Å². The molecule has 0 saturated heterocycles.